The fourth-order valence-corrected chi connectivity index (χ4v) is 2.40. The molecule has 0 unspecified atom stereocenters. The van der Waals surface area contributed by atoms with Gasteiger partial charge in [0.15, 0.2) is 0 Å². The lowest BCUT2D eigenvalue weighted by Crippen LogP contribution is -2.25. The van der Waals surface area contributed by atoms with Crippen molar-refractivity contribution in [1.29, 1.82) is 0 Å². The summed E-state index contributed by atoms with van der Waals surface area (Å²) in [6.45, 7) is 2.07. The second kappa shape index (κ2) is 5.32. The van der Waals surface area contributed by atoms with E-state index in [2.05, 4.69) is 26.4 Å². The van der Waals surface area contributed by atoms with E-state index in [-0.39, 0.29) is 0 Å². The Morgan fingerprint density at radius 3 is 2.18 bits per heavy atom. The van der Waals surface area contributed by atoms with Crippen molar-refractivity contribution in [2.45, 2.75) is 25.7 Å². The molecule has 0 aromatic heterocycles. The molecule has 1 rings (SSSR count). The number of nitrogens with one attached hydrogen (secondary N) is 1. The molecule has 3 N–H and O–H groups in total. The molecule has 0 radical (unpaired) electrons. The highest BCUT2D eigenvalue weighted by atomic mass is 127. The van der Waals surface area contributed by atoms with Crippen molar-refractivity contribution in [3.8, 4) is 0 Å². The normalized spacial score (nSPS) is 32.2. The van der Waals surface area contributed by atoms with Crippen LogP contribution < -0.4 is 9.26 Å². The van der Waals surface area contributed by atoms with Gasteiger partial charge in [-0.2, -0.15) is 0 Å². The molecular formula is C8H17IN2. The van der Waals surface area contributed by atoms with Crippen molar-refractivity contribution in [3.05, 3.63) is 0 Å². The van der Waals surface area contributed by atoms with E-state index in [9.17, 15) is 0 Å². The van der Waals surface area contributed by atoms with Crippen LogP contribution in [-0.4, -0.2) is 13.1 Å². The van der Waals surface area contributed by atoms with E-state index in [1.165, 1.54) is 32.2 Å². The Kier molecular flexibility index (Phi) is 4.71. The Morgan fingerprint density at radius 1 is 1.18 bits per heavy atom. The summed E-state index contributed by atoms with van der Waals surface area (Å²) in [7, 11) is 0. The SMILES string of the molecule is NCC1CCC(CNI)CC1. The summed E-state index contributed by atoms with van der Waals surface area (Å²) in [5, 5.41) is 0. The third-order valence-corrected chi connectivity index (χ3v) is 3.11. The summed E-state index contributed by atoms with van der Waals surface area (Å²) in [6, 6.07) is 0. The fourth-order valence-electron chi connectivity index (χ4n) is 1.78. The molecule has 0 aliphatic heterocycles. The summed E-state index contributed by atoms with van der Waals surface area (Å²) >= 11 is 2.23. The maximum atomic E-state index is 5.61. The van der Waals surface area contributed by atoms with E-state index in [4.69, 9.17) is 5.73 Å². The number of halogens is 1. The van der Waals surface area contributed by atoms with Gasteiger partial charge in [0.2, 0.25) is 0 Å². The third-order valence-electron chi connectivity index (χ3n) is 2.67. The first-order valence-electron chi connectivity index (χ1n) is 4.40. The van der Waals surface area contributed by atoms with Gasteiger partial charge in [0, 0.05) is 29.4 Å². The first kappa shape index (κ1) is 9.74. The highest BCUT2D eigenvalue weighted by Gasteiger charge is 2.19. The van der Waals surface area contributed by atoms with Gasteiger partial charge < -0.3 is 5.73 Å². The van der Waals surface area contributed by atoms with Gasteiger partial charge >= 0.3 is 0 Å². The molecule has 0 spiro atoms. The van der Waals surface area contributed by atoms with Gasteiger partial charge in [-0.1, -0.05) is 0 Å². The highest BCUT2D eigenvalue weighted by molar-refractivity contribution is 14.1. The number of nitrogens with two attached hydrogens (primary N) is 1. The lowest BCUT2D eigenvalue weighted by atomic mass is 9.82. The maximum Gasteiger partial charge on any atom is 0.0169 e. The molecule has 1 aliphatic carbocycles. The topological polar surface area (TPSA) is 38.0 Å². The number of hydrogen-bond acceptors (Lipinski definition) is 2. The number of rotatable bonds is 3. The van der Waals surface area contributed by atoms with E-state index in [1.54, 1.807) is 0 Å². The van der Waals surface area contributed by atoms with Gasteiger partial charge in [0.05, 0.1) is 0 Å². The van der Waals surface area contributed by atoms with Gasteiger partial charge in [-0.15, -0.1) is 0 Å². The molecule has 1 saturated carbocycles. The largest absolute Gasteiger partial charge is 0.330 e. The lowest BCUT2D eigenvalue weighted by molar-refractivity contribution is 0.283. The summed E-state index contributed by atoms with van der Waals surface area (Å²) in [5.74, 6) is 1.73. The maximum absolute atomic E-state index is 5.61. The quantitative estimate of drug-likeness (QED) is 0.604. The zero-order chi connectivity index (χ0) is 8.10. The third kappa shape index (κ3) is 3.25. The monoisotopic (exact) mass is 268 g/mol. The standard InChI is InChI=1S/C8H17IN2/c9-11-6-8-3-1-7(5-10)2-4-8/h7-8,11H,1-6,10H2. The van der Waals surface area contributed by atoms with Crippen LogP contribution in [0.15, 0.2) is 0 Å². The smallest absolute Gasteiger partial charge is 0.0169 e. The van der Waals surface area contributed by atoms with Crippen molar-refractivity contribution in [3.63, 3.8) is 0 Å². The van der Waals surface area contributed by atoms with Crippen LogP contribution in [0.1, 0.15) is 25.7 Å². The Balaban J connectivity index is 2.14. The Labute approximate surface area is 82.8 Å². The molecule has 0 heterocycles. The lowest BCUT2D eigenvalue weighted by Gasteiger charge is -2.26. The van der Waals surface area contributed by atoms with Crippen LogP contribution in [0.5, 0.6) is 0 Å². The second-order valence-corrected chi connectivity index (χ2v) is 4.22. The van der Waals surface area contributed by atoms with Gasteiger partial charge in [0.25, 0.3) is 0 Å². The molecule has 2 nitrogen and oxygen atoms in total. The van der Waals surface area contributed by atoms with Crippen molar-refractivity contribution in [1.82, 2.24) is 3.53 Å². The van der Waals surface area contributed by atoms with Crippen LogP contribution in [-0.2, 0) is 0 Å². The molecule has 0 atom stereocenters. The number of hydrogen-bond donors (Lipinski definition) is 2. The van der Waals surface area contributed by atoms with Crippen LogP contribution in [0.25, 0.3) is 0 Å². The minimum atomic E-state index is 0.820. The zero-order valence-electron chi connectivity index (χ0n) is 6.85. The van der Waals surface area contributed by atoms with Crippen molar-refractivity contribution in [2.75, 3.05) is 13.1 Å². The van der Waals surface area contributed by atoms with E-state index in [1.807, 2.05) is 0 Å². The molecule has 3 heteroatoms. The molecule has 0 amide bonds. The second-order valence-electron chi connectivity index (χ2n) is 3.46. The van der Waals surface area contributed by atoms with Crippen molar-refractivity contribution in [2.24, 2.45) is 17.6 Å². The molecule has 1 aliphatic rings. The molecule has 11 heavy (non-hydrogen) atoms. The van der Waals surface area contributed by atoms with Crippen molar-refractivity contribution < 1.29 is 0 Å². The molecule has 0 aromatic rings. The van der Waals surface area contributed by atoms with Gasteiger partial charge in [-0.05, 0) is 44.1 Å². The Bertz CT molecular complexity index is 100. The van der Waals surface area contributed by atoms with E-state index in [0.29, 0.717) is 0 Å². The molecule has 1 fully saturated rings. The van der Waals surface area contributed by atoms with Crippen LogP contribution in [0.2, 0.25) is 0 Å². The Morgan fingerprint density at radius 2 is 1.73 bits per heavy atom. The van der Waals surface area contributed by atoms with E-state index >= 15 is 0 Å². The predicted octanol–water partition coefficient (Wildman–Crippen LogP) is 1.69. The zero-order valence-corrected chi connectivity index (χ0v) is 9.01. The molecule has 66 valence electrons. The van der Waals surface area contributed by atoms with Gasteiger partial charge in [-0.3, -0.25) is 3.53 Å². The first-order valence-corrected chi connectivity index (χ1v) is 5.48. The van der Waals surface area contributed by atoms with Crippen LogP contribution >= 0.6 is 22.9 Å². The average molecular weight is 268 g/mol. The molecule has 0 aromatic carbocycles. The summed E-state index contributed by atoms with van der Waals surface area (Å²) < 4.78 is 3.21. The summed E-state index contributed by atoms with van der Waals surface area (Å²) in [4.78, 5) is 0. The predicted molar refractivity (Wildman–Crippen MR) is 56.5 cm³/mol. The molecule has 0 bridgehead atoms. The first-order chi connectivity index (χ1) is 5.36. The van der Waals surface area contributed by atoms with Gasteiger partial charge in [-0.25, -0.2) is 0 Å². The van der Waals surface area contributed by atoms with Crippen LogP contribution in [0.4, 0.5) is 0 Å². The highest BCUT2D eigenvalue weighted by Crippen LogP contribution is 2.27. The molecule has 0 saturated heterocycles. The van der Waals surface area contributed by atoms with Crippen LogP contribution in [0.3, 0.4) is 0 Å². The average Bonchev–Trinajstić information content (AvgIpc) is 2.07. The fraction of sp³-hybridized carbons (Fsp3) is 1.00. The van der Waals surface area contributed by atoms with Gasteiger partial charge in [0.1, 0.15) is 0 Å². The Hall–Kier alpha value is 0.650. The van der Waals surface area contributed by atoms with Crippen LogP contribution in [0, 0.1) is 11.8 Å². The molecular weight excluding hydrogens is 251 g/mol. The van der Waals surface area contributed by atoms with Crippen molar-refractivity contribution >= 4 is 22.9 Å². The van der Waals surface area contributed by atoms with E-state index < -0.39 is 0 Å². The summed E-state index contributed by atoms with van der Waals surface area (Å²) in [6.07, 6.45) is 5.44. The summed E-state index contributed by atoms with van der Waals surface area (Å²) in [5.41, 5.74) is 5.61. The van der Waals surface area contributed by atoms with E-state index in [0.717, 1.165) is 18.4 Å². The minimum absolute atomic E-state index is 0.820. The minimum Gasteiger partial charge on any atom is -0.330 e.